The summed E-state index contributed by atoms with van der Waals surface area (Å²) in [4.78, 5) is 0. The molecule has 0 fully saturated rings. The molecule has 0 aliphatic heterocycles. The van der Waals surface area contributed by atoms with E-state index in [1.807, 2.05) is 0 Å². The average molecular weight is 291 g/mol. The first-order valence-corrected chi connectivity index (χ1v) is 11.9. The van der Waals surface area contributed by atoms with Crippen LogP contribution in [-0.2, 0) is 4.43 Å². The summed E-state index contributed by atoms with van der Waals surface area (Å²) in [6.45, 7) is 9.10. The molecule has 0 amide bonds. The van der Waals surface area contributed by atoms with Crippen molar-refractivity contribution in [2.24, 2.45) is 0 Å². The Morgan fingerprint density at radius 2 is 1.61 bits per heavy atom. The molecule has 0 aromatic rings. The van der Waals surface area contributed by atoms with E-state index < -0.39 is 9.04 Å². The van der Waals surface area contributed by atoms with Gasteiger partial charge in [-0.05, 0) is 43.9 Å². The summed E-state index contributed by atoms with van der Waals surface area (Å²) >= 11 is 2.13. The Hall–Kier alpha value is 0.527. The highest BCUT2D eigenvalue weighted by Crippen LogP contribution is 2.15. The van der Waals surface area contributed by atoms with Crippen molar-refractivity contribution in [3.63, 3.8) is 0 Å². The molecule has 0 aromatic heterocycles. The first kappa shape index (κ1) is 18.5. The highest BCUT2D eigenvalue weighted by molar-refractivity contribution is 7.99. The number of thioether (sulfide) groups is 1. The molecule has 18 heavy (non-hydrogen) atoms. The summed E-state index contributed by atoms with van der Waals surface area (Å²) in [5.41, 5.74) is 0. The van der Waals surface area contributed by atoms with Crippen LogP contribution in [0.1, 0.15) is 65.2 Å². The van der Waals surface area contributed by atoms with Crippen molar-refractivity contribution >= 4 is 20.8 Å². The van der Waals surface area contributed by atoms with Crippen LogP contribution >= 0.6 is 11.8 Å². The molecule has 0 heterocycles. The minimum Gasteiger partial charge on any atom is -0.418 e. The van der Waals surface area contributed by atoms with Crippen molar-refractivity contribution in [1.29, 1.82) is 0 Å². The normalized spacial score (nSPS) is 13.2. The minimum absolute atomic E-state index is 0.550. The third kappa shape index (κ3) is 13.0. The van der Waals surface area contributed by atoms with E-state index in [0.717, 1.165) is 0 Å². The lowest BCUT2D eigenvalue weighted by Gasteiger charge is -2.19. The molecule has 0 N–H and O–H groups in total. The van der Waals surface area contributed by atoms with E-state index in [-0.39, 0.29) is 0 Å². The molecular formula is C15H34OSSi. The fourth-order valence-electron chi connectivity index (χ4n) is 2.11. The molecule has 1 nitrogen and oxygen atoms in total. The van der Waals surface area contributed by atoms with Crippen molar-refractivity contribution in [1.82, 2.24) is 0 Å². The molecule has 0 bridgehead atoms. The zero-order valence-electron chi connectivity index (χ0n) is 13.0. The Morgan fingerprint density at radius 3 is 2.22 bits per heavy atom. The maximum absolute atomic E-state index is 6.08. The van der Waals surface area contributed by atoms with Crippen LogP contribution in [0.2, 0.25) is 13.1 Å². The van der Waals surface area contributed by atoms with Crippen LogP contribution in [0.25, 0.3) is 0 Å². The fourth-order valence-corrected chi connectivity index (χ4v) is 4.20. The quantitative estimate of drug-likeness (QED) is 0.338. The Balaban J connectivity index is 3.37. The second kappa shape index (κ2) is 13.9. The number of unbranched alkanes of at least 4 members (excludes halogenated alkanes) is 4. The van der Waals surface area contributed by atoms with Gasteiger partial charge in [0, 0.05) is 6.10 Å². The highest BCUT2D eigenvalue weighted by atomic mass is 32.2. The van der Waals surface area contributed by atoms with Gasteiger partial charge in [-0.15, -0.1) is 0 Å². The molecule has 3 heteroatoms. The minimum atomic E-state index is -0.847. The Morgan fingerprint density at radius 1 is 0.889 bits per heavy atom. The van der Waals surface area contributed by atoms with E-state index in [0.29, 0.717) is 6.10 Å². The average Bonchev–Trinajstić information content (AvgIpc) is 2.32. The first-order valence-electron chi connectivity index (χ1n) is 7.93. The summed E-state index contributed by atoms with van der Waals surface area (Å²) in [6.07, 6.45) is 11.3. The van der Waals surface area contributed by atoms with Gasteiger partial charge in [-0.2, -0.15) is 11.8 Å². The maximum Gasteiger partial charge on any atom is 0.171 e. The van der Waals surface area contributed by atoms with Gasteiger partial charge in [-0.3, -0.25) is 0 Å². The Labute approximate surface area is 121 Å². The van der Waals surface area contributed by atoms with Crippen LogP contribution in [0.3, 0.4) is 0 Å². The summed E-state index contributed by atoms with van der Waals surface area (Å²) in [5.74, 6) is 2.64. The van der Waals surface area contributed by atoms with Crippen LogP contribution in [0.5, 0.6) is 0 Å². The third-order valence-electron chi connectivity index (χ3n) is 3.05. The van der Waals surface area contributed by atoms with Gasteiger partial charge in [0.1, 0.15) is 0 Å². The third-order valence-corrected chi connectivity index (χ3v) is 5.08. The number of hydrogen-bond acceptors (Lipinski definition) is 2. The molecule has 110 valence electrons. The van der Waals surface area contributed by atoms with E-state index >= 15 is 0 Å². The van der Waals surface area contributed by atoms with Gasteiger partial charge in [0.15, 0.2) is 9.04 Å². The molecular weight excluding hydrogens is 256 g/mol. The molecule has 0 aromatic carbocycles. The van der Waals surface area contributed by atoms with E-state index in [4.69, 9.17) is 4.43 Å². The summed E-state index contributed by atoms with van der Waals surface area (Å²) in [7, 11) is -0.847. The van der Waals surface area contributed by atoms with Crippen LogP contribution < -0.4 is 0 Å². The first-order chi connectivity index (χ1) is 8.70. The number of hydrogen-bond donors (Lipinski definition) is 0. The van der Waals surface area contributed by atoms with E-state index in [2.05, 4.69) is 38.7 Å². The van der Waals surface area contributed by atoms with Crippen molar-refractivity contribution in [2.75, 3.05) is 11.5 Å². The second-order valence-electron chi connectivity index (χ2n) is 5.41. The van der Waals surface area contributed by atoms with Crippen LogP contribution in [-0.4, -0.2) is 26.6 Å². The van der Waals surface area contributed by atoms with Crippen molar-refractivity contribution < 1.29 is 4.43 Å². The lowest BCUT2D eigenvalue weighted by atomic mass is 10.2. The Kier molecular flexibility index (Phi) is 14.4. The summed E-state index contributed by atoms with van der Waals surface area (Å²) < 4.78 is 6.08. The van der Waals surface area contributed by atoms with Gasteiger partial charge in [-0.25, -0.2) is 0 Å². The zero-order chi connectivity index (χ0) is 13.6. The standard InChI is InChI=1S/C15H34OSSi/c1-5-7-8-9-10-13-17-14-12-15(11-6-2)16-18(3)4/h15,18H,5-14H2,1-4H3. The van der Waals surface area contributed by atoms with Gasteiger partial charge >= 0.3 is 0 Å². The lowest BCUT2D eigenvalue weighted by Crippen LogP contribution is -2.21. The van der Waals surface area contributed by atoms with E-state index in [1.54, 1.807) is 0 Å². The molecule has 1 atom stereocenters. The predicted molar refractivity (Wildman–Crippen MR) is 89.4 cm³/mol. The van der Waals surface area contributed by atoms with Crippen molar-refractivity contribution in [3.05, 3.63) is 0 Å². The van der Waals surface area contributed by atoms with Gasteiger partial charge < -0.3 is 4.43 Å². The van der Waals surface area contributed by atoms with Crippen LogP contribution in [0.15, 0.2) is 0 Å². The van der Waals surface area contributed by atoms with Crippen molar-refractivity contribution in [2.45, 2.75) is 84.4 Å². The maximum atomic E-state index is 6.08. The van der Waals surface area contributed by atoms with Crippen molar-refractivity contribution in [3.8, 4) is 0 Å². The van der Waals surface area contributed by atoms with E-state index in [1.165, 1.54) is 62.9 Å². The molecule has 0 spiro atoms. The topological polar surface area (TPSA) is 9.23 Å². The highest BCUT2D eigenvalue weighted by Gasteiger charge is 2.09. The lowest BCUT2D eigenvalue weighted by molar-refractivity contribution is 0.189. The molecule has 0 aliphatic carbocycles. The SMILES string of the molecule is CCCCCCCSCCC(CCC)O[SiH](C)C. The molecule has 1 unspecified atom stereocenters. The summed E-state index contributed by atoms with van der Waals surface area (Å²) in [5, 5.41) is 0. The fraction of sp³-hybridized carbons (Fsp3) is 1.00. The largest absolute Gasteiger partial charge is 0.418 e. The molecule has 0 aliphatic rings. The molecule has 0 saturated carbocycles. The van der Waals surface area contributed by atoms with Gasteiger partial charge in [0.25, 0.3) is 0 Å². The zero-order valence-corrected chi connectivity index (χ0v) is 15.0. The summed E-state index contributed by atoms with van der Waals surface area (Å²) in [6, 6.07) is 0. The van der Waals surface area contributed by atoms with Crippen LogP contribution in [0, 0.1) is 0 Å². The van der Waals surface area contributed by atoms with Gasteiger partial charge in [0.05, 0.1) is 0 Å². The predicted octanol–water partition coefficient (Wildman–Crippen LogP) is 5.25. The number of rotatable bonds is 13. The molecule has 0 rings (SSSR count). The van der Waals surface area contributed by atoms with Gasteiger partial charge in [0.2, 0.25) is 0 Å². The van der Waals surface area contributed by atoms with E-state index in [9.17, 15) is 0 Å². The Bertz CT molecular complexity index is 165. The molecule has 0 saturated heterocycles. The van der Waals surface area contributed by atoms with Crippen LogP contribution in [0.4, 0.5) is 0 Å². The monoisotopic (exact) mass is 290 g/mol. The van der Waals surface area contributed by atoms with Gasteiger partial charge in [-0.1, -0.05) is 46.0 Å². The molecule has 0 radical (unpaired) electrons. The second-order valence-corrected chi connectivity index (χ2v) is 9.01. The smallest absolute Gasteiger partial charge is 0.171 e.